The molecule has 26 heavy (non-hydrogen) atoms. The Morgan fingerprint density at radius 1 is 1.31 bits per heavy atom. The topological polar surface area (TPSA) is 62.9 Å². The minimum Gasteiger partial charge on any atom is -0.494 e. The van der Waals surface area contributed by atoms with E-state index in [9.17, 15) is 0 Å². The molecule has 1 aromatic carbocycles. The van der Waals surface area contributed by atoms with E-state index < -0.39 is 0 Å². The van der Waals surface area contributed by atoms with E-state index >= 15 is 0 Å². The fourth-order valence-electron chi connectivity index (χ4n) is 2.44. The normalized spacial score (nSPS) is 11.2. The number of rotatable bonds is 7. The lowest BCUT2D eigenvalue weighted by Gasteiger charge is -2.21. The van der Waals surface area contributed by atoms with E-state index in [4.69, 9.17) is 9.26 Å². The molecular weight excluding hydrogens is 443 g/mol. The maximum absolute atomic E-state index is 5.47. The average Bonchev–Trinajstić information content (AvgIpc) is 3.07. The molecule has 0 aliphatic heterocycles. The molecule has 0 amide bonds. The van der Waals surface area contributed by atoms with Crippen molar-refractivity contribution in [3.05, 3.63) is 47.3 Å². The van der Waals surface area contributed by atoms with Crippen molar-refractivity contribution in [2.24, 2.45) is 4.99 Å². The van der Waals surface area contributed by atoms with Gasteiger partial charge in [-0.05, 0) is 30.5 Å². The Morgan fingerprint density at radius 3 is 2.54 bits per heavy atom. The quantitative estimate of drug-likeness (QED) is 0.375. The molecule has 0 spiro atoms. The van der Waals surface area contributed by atoms with Crippen molar-refractivity contribution in [2.75, 3.05) is 20.7 Å². The summed E-state index contributed by atoms with van der Waals surface area (Å²) in [6.07, 6.45) is 0. The lowest BCUT2D eigenvalue weighted by atomic mass is 10.1. The maximum atomic E-state index is 5.47. The minimum atomic E-state index is 0. The van der Waals surface area contributed by atoms with Crippen molar-refractivity contribution in [1.29, 1.82) is 0 Å². The largest absolute Gasteiger partial charge is 0.494 e. The molecule has 0 saturated heterocycles. The smallest absolute Gasteiger partial charge is 0.194 e. The van der Waals surface area contributed by atoms with Crippen molar-refractivity contribution < 1.29 is 9.26 Å². The first-order chi connectivity index (χ1) is 12.0. The maximum Gasteiger partial charge on any atom is 0.194 e. The number of halogens is 1. The zero-order valence-electron chi connectivity index (χ0n) is 16.2. The van der Waals surface area contributed by atoms with Crippen LogP contribution in [-0.4, -0.2) is 36.7 Å². The van der Waals surface area contributed by atoms with Crippen molar-refractivity contribution in [3.8, 4) is 5.75 Å². The number of hydrogen-bond acceptors (Lipinski definition) is 4. The SMILES string of the molecule is CCOc1ccc(CN(C)C(=NC)NCc2cc(C(C)C)no2)cc1.I. The van der Waals surface area contributed by atoms with Crippen LogP contribution in [0.15, 0.2) is 39.8 Å². The van der Waals surface area contributed by atoms with E-state index in [1.54, 1.807) is 7.05 Å². The van der Waals surface area contributed by atoms with Crippen molar-refractivity contribution >= 4 is 29.9 Å². The minimum absolute atomic E-state index is 0. The van der Waals surface area contributed by atoms with Gasteiger partial charge in [0, 0.05) is 26.7 Å². The van der Waals surface area contributed by atoms with Gasteiger partial charge in [-0.2, -0.15) is 0 Å². The number of hydrogen-bond donors (Lipinski definition) is 1. The summed E-state index contributed by atoms with van der Waals surface area (Å²) in [6, 6.07) is 10.1. The highest BCUT2D eigenvalue weighted by molar-refractivity contribution is 14.0. The Morgan fingerprint density at radius 2 is 2.00 bits per heavy atom. The van der Waals surface area contributed by atoms with Gasteiger partial charge in [-0.25, -0.2) is 0 Å². The Balaban J connectivity index is 0.00000338. The van der Waals surface area contributed by atoms with E-state index in [0.29, 0.717) is 19.1 Å². The average molecular weight is 472 g/mol. The molecule has 0 fully saturated rings. The van der Waals surface area contributed by atoms with E-state index in [2.05, 4.69) is 46.3 Å². The molecule has 2 aromatic rings. The number of aromatic nitrogens is 1. The lowest BCUT2D eigenvalue weighted by Crippen LogP contribution is -2.37. The zero-order valence-corrected chi connectivity index (χ0v) is 18.5. The van der Waals surface area contributed by atoms with Gasteiger partial charge in [0.05, 0.1) is 18.8 Å². The van der Waals surface area contributed by atoms with Crippen LogP contribution >= 0.6 is 24.0 Å². The van der Waals surface area contributed by atoms with Gasteiger partial charge in [-0.3, -0.25) is 4.99 Å². The van der Waals surface area contributed by atoms with Crippen molar-refractivity contribution in [3.63, 3.8) is 0 Å². The Labute approximate surface area is 173 Å². The van der Waals surface area contributed by atoms with Crippen LogP contribution in [0.3, 0.4) is 0 Å². The fraction of sp³-hybridized carbons (Fsp3) is 0.474. The third kappa shape index (κ3) is 6.51. The molecule has 0 bridgehead atoms. The van der Waals surface area contributed by atoms with Gasteiger partial charge in [-0.1, -0.05) is 31.1 Å². The van der Waals surface area contributed by atoms with Crippen LogP contribution in [0.25, 0.3) is 0 Å². The summed E-state index contributed by atoms with van der Waals surface area (Å²) in [4.78, 5) is 6.40. The highest BCUT2D eigenvalue weighted by Crippen LogP contribution is 2.15. The molecule has 0 radical (unpaired) electrons. The van der Waals surface area contributed by atoms with Crippen LogP contribution in [0.1, 0.15) is 43.7 Å². The molecule has 0 unspecified atom stereocenters. The number of ether oxygens (including phenoxy) is 1. The molecule has 0 aliphatic rings. The van der Waals surface area contributed by atoms with Gasteiger partial charge in [0.25, 0.3) is 0 Å². The second-order valence-electron chi connectivity index (χ2n) is 6.21. The van der Waals surface area contributed by atoms with Gasteiger partial charge in [-0.15, -0.1) is 24.0 Å². The first-order valence-corrected chi connectivity index (χ1v) is 8.62. The van der Waals surface area contributed by atoms with E-state index in [-0.39, 0.29) is 24.0 Å². The Kier molecular flexibility index (Phi) is 9.47. The van der Waals surface area contributed by atoms with Crippen LogP contribution in [0.2, 0.25) is 0 Å². The van der Waals surface area contributed by atoms with Gasteiger partial charge < -0.3 is 19.5 Å². The molecular formula is C19H29IN4O2. The van der Waals surface area contributed by atoms with Crippen LogP contribution in [0.5, 0.6) is 5.75 Å². The van der Waals surface area contributed by atoms with E-state index in [0.717, 1.165) is 29.7 Å². The molecule has 1 N–H and O–H groups in total. The third-order valence-electron chi connectivity index (χ3n) is 3.82. The van der Waals surface area contributed by atoms with Gasteiger partial charge in [0.15, 0.2) is 11.7 Å². The predicted molar refractivity (Wildman–Crippen MR) is 115 cm³/mol. The molecule has 6 nitrogen and oxygen atoms in total. The van der Waals surface area contributed by atoms with E-state index in [1.165, 1.54) is 5.56 Å². The molecule has 0 atom stereocenters. The first-order valence-electron chi connectivity index (χ1n) is 8.62. The van der Waals surface area contributed by atoms with Gasteiger partial charge in [0.2, 0.25) is 0 Å². The predicted octanol–water partition coefficient (Wildman–Crippen LogP) is 4.02. The molecule has 1 aromatic heterocycles. The molecule has 1 heterocycles. The lowest BCUT2D eigenvalue weighted by molar-refractivity contribution is 0.340. The Bertz CT molecular complexity index is 683. The standard InChI is InChI=1S/C19H28N4O2.HI/c1-6-24-16-9-7-15(8-10-16)13-23(5)19(20-4)21-12-17-11-18(14(2)3)22-25-17;/h7-11,14H,6,12-13H2,1-5H3,(H,20,21);1H. The number of guanidine groups is 1. The summed E-state index contributed by atoms with van der Waals surface area (Å²) >= 11 is 0. The molecule has 144 valence electrons. The summed E-state index contributed by atoms with van der Waals surface area (Å²) in [5, 5.41) is 7.38. The van der Waals surface area contributed by atoms with Crippen molar-refractivity contribution in [2.45, 2.75) is 39.8 Å². The van der Waals surface area contributed by atoms with Gasteiger partial charge >= 0.3 is 0 Å². The summed E-state index contributed by atoms with van der Waals surface area (Å²) in [5.74, 6) is 2.86. The summed E-state index contributed by atoms with van der Waals surface area (Å²) in [6.45, 7) is 8.16. The second kappa shape index (κ2) is 11.1. The monoisotopic (exact) mass is 472 g/mol. The Hall–Kier alpha value is -1.77. The number of nitrogens with zero attached hydrogens (tertiary/aromatic N) is 3. The van der Waals surface area contributed by atoms with Gasteiger partial charge in [0.1, 0.15) is 5.75 Å². The van der Waals surface area contributed by atoms with Crippen LogP contribution in [0, 0.1) is 0 Å². The van der Waals surface area contributed by atoms with Crippen LogP contribution in [0.4, 0.5) is 0 Å². The third-order valence-corrected chi connectivity index (χ3v) is 3.82. The van der Waals surface area contributed by atoms with Crippen LogP contribution in [-0.2, 0) is 13.1 Å². The summed E-state index contributed by atoms with van der Waals surface area (Å²) in [5.41, 5.74) is 2.16. The zero-order chi connectivity index (χ0) is 18.2. The molecule has 2 rings (SSSR count). The number of benzene rings is 1. The molecule has 7 heteroatoms. The molecule has 0 aliphatic carbocycles. The summed E-state index contributed by atoms with van der Waals surface area (Å²) in [7, 11) is 3.78. The first kappa shape index (κ1) is 22.3. The highest BCUT2D eigenvalue weighted by atomic mass is 127. The number of nitrogens with one attached hydrogen (secondary N) is 1. The van der Waals surface area contributed by atoms with Crippen LogP contribution < -0.4 is 10.1 Å². The van der Waals surface area contributed by atoms with E-state index in [1.807, 2.05) is 32.2 Å². The highest BCUT2D eigenvalue weighted by Gasteiger charge is 2.10. The number of aliphatic imine (C=N–C) groups is 1. The summed E-state index contributed by atoms with van der Waals surface area (Å²) < 4.78 is 10.8. The van der Waals surface area contributed by atoms with Crippen molar-refractivity contribution in [1.82, 2.24) is 15.4 Å². The second-order valence-corrected chi connectivity index (χ2v) is 6.21. The fourth-order valence-corrected chi connectivity index (χ4v) is 2.44. The molecule has 0 saturated carbocycles.